The predicted octanol–water partition coefficient (Wildman–Crippen LogP) is 3.43. The number of amides is 1. The third kappa shape index (κ3) is 5.14. The molecular formula is C15H13N3OS2. The fourth-order valence-electron chi connectivity index (χ4n) is 1.56. The van der Waals surface area contributed by atoms with Crippen molar-refractivity contribution in [2.24, 2.45) is 0 Å². The number of hydrogen-bond donors (Lipinski definition) is 1. The molecule has 1 heterocycles. The van der Waals surface area contributed by atoms with E-state index >= 15 is 0 Å². The topological polar surface area (TPSA) is 65.8 Å². The number of pyridine rings is 1. The fourth-order valence-corrected chi connectivity index (χ4v) is 2.89. The maximum absolute atomic E-state index is 12.0. The Morgan fingerprint density at radius 2 is 2.00 bits per heavy atom. The summed E-state index contributed by atoms with van der Waals surface area (Å²) in [5.41, 5.74) is 0.740. The lowest BCUT2D eigenvalue weighted by Gasteiger charge is -2.09. The van der Waals surface area contributed by atoms with Gasteiger partial charge in [0.15, 0.2) is 0 Å². The van der Waals surface area contributed by atoms with Crippen LogP contribution < -0.4 is 5.32 Å². The van der Waals surface area contributed by atoms with Crippen molar-refractivity contribution in [2.75, 3.05) is 16.8 Å². The molecule has 2 rings (SSSR count). The number of thioether (sulfide) groups is 2. The van der Waals surface area contributed by atoms with Gasteiger partial charge in [-0.15, -0.1) is 11.8 Å². The quantitative estimate of drug-likeness (QED) is 0.827. The number of rotatable bonds is 6. The molecule has 0 unspecified atom stereocenters. The van der Waals surface area contributed by atoms with Crippen LogP contribution in [0.4, 0.5) is 5.69 Å². The SMILES string of the molecule is N#CCSc1ccccc1NC(=O)CSc1ccccn1. The summed E-state index contributed by atoms with van der Waals surface area (Å²) in [5, 5.41) is 12.3. The van der Waals surface area contributed by atoms with E-state index in [1.165, 1.54) is 23.5 Å². The number of aromatic nitrogens is 1. The molecule has 1 amide bonds. The second-order valence-electron chi connectivity index (χ2n) is 3.95. The highest BCUT2D eigenvalue weighted by molar-refractivity contribution is 8.00. The van der Waals surface area contributed by atoms with Gasteiger partial charge in [0.2, 0.25) is 5.91 Å². The van der Waals surface area contributed by atoms with Gasteiger partial charge in [-0.25, -0.2) is 4.98 Å². The largest absolute Gasteiger partial charge is 0.324 e. The summed E-state index contributed by atoms with van der Waals surface area (Å²) >= 11 is 2.80. The maximum Gasteiger partial charge on any atom is 0.234 e. The van der Waals surface area contributed by atoms with E-state index in [1.807, 2.05) is 42.5 Å². The second-order valence-corrected chi connectivity index (χ2v) is 5.96. The molecule has 0 radical (unpaired) electrons. The molecule has 0 saturated heterocycles. The minimum atomic E-state index is -0.0874. The first kappa shape index (κ1) is 15.4. The van der Waals surface area contributed by atoms with Crippen molar-refractivity contribution in [3.63, 3.8) is 0 Å². The van der Waals surface area contributed by atoms with Crippen LogP contribution in [0.15, 0.2) is 58.6 Å². The number of nitrogens with one attached hydrogen (secondary N) is 1. The van der Waals surface area contributed by atoms with E-state index in [1.54, 1.807) is 6.20 Å². The van der Waals surface area contributed by atoms with E-state index in [0.29, 0.717) is 11.5 Å². The number of para-hydroxylation sites is 1. The van der Waals surface area contributed by atoms with Crippen LogP contribution in [0, 0.1) is 11.3 Å². The third-order valence-corrected chi connectivity index (χ3v) is 4.33. The highest BCUT2D eigenvalue weighted by Crippen LogP contribution is 2.26. The minimum Gasteiger partial charge on any atom is -0.324 e. The van der Waals surface area contributed by atoms with Gasteiger partial charge in [0.1, 0.15) is 0 Å². The van der Waals surface area contributed by atoms with Gasteiger partial charge < -0.3 is 5.32 Å². The molecule has 6 heteroatoms. The normalized spacial score (nSPS) is 9.86. The number of hydrogen-bond acceptors (Lipinski definition) is 5. The Kier molecular flexibility index (Phi) is 6.13. The Morgan fingerprint density at radius 1 is 1.19 bits per heavy atom. The molecule has 106 valence electrons. The van der Waals surface area contributed by atoms with Gasteiger partial charge in [0, 0.05) is 11.1 Å². The van der Waals surface area contributed by atoms with Crippen molar-refractivity contribution in [3.05, 3.63) is 48.7 Å². The highest BCUT2D eigenvalue weighted by atomic mass is 32.2. The Labute approximate surface area is 132 Å². The summed E-state index contributed by atoms with van der Waals surface area (Å²) in [7, 11) is 0. The van der Waals surface area contributed by atoms with Crippen LogP contribution in [-0.4, -0.2) is 22.4 Å². The first-order valence-corrected chi connectivity index (χ1v) is 8.19. The Balaban J connectivity index is 1.92. The number of anilines is 1. The summed E-state index contributed by atoms with van der Waals surface area (Å²) in [6.07, 6.45) is 1.70. The molecule has 0 saturated carbocycles. The number of nitrogens with zero attached hydrogens (tertiary/aromatic N) is 2. The summed E-state index contributed by atoms with van der Waals surface area (Å²) in [6.45, 7) is 0. The molecule has 21 heavy (non-hydrogen) atoms. The standard InChI is InChI=1S/C15H13N3OS2/c16-8-10-20-13-6-2-1-5-12(13)18-14(19)11-21-15-7-3-4-9-17-15/h1-7,9H,10-11H2,(H,18,19). The minimum absolute atomic E-state index is 0.0874. The zero-order valence-electron chi connectivity index (χ0n) is 11.2. The van der Waals surface area contributed by atoms with Crippen LogP contribution in [0.1, 0.15) is 0 Å². The average molecular weight is 315 g/mol. The average Bonchev–Trinajstić information content (AvgIpc) is 2.53. The molecule has 0 fully saturated rings. The van der Waals surface area contributed by atoms with Crippen LogP contribution in [0.5, 0.6) is 0 Å². The summed E-state index contributed by atoms with van der Waals surface area (Å²) < 4.78 is 0. The van der Waals surface area contributed by atoms with Gasteiger partial charge in [-0.3, -0.25) is 4.79 Å². The Hall–Kier alpha value is -1.97. The zero-order chi connectivity index (χ0) is 14.9. The van der Waals surface area contributed by atoms with E-state index in [4.69, 9.17) is 5.26 Å². The number of nitriles is 1. The molecule has 1 aromatic heterocycles. The molecule has 1 aromatic carbocycles. The molecule has 0 aliphatic carbocycles. The lowest BCUT2D eigenvalue weighted by molar-refractivity contribution is -0.113. The van der Waals surface area contributed by atoms with E-state index in [0.717, 1.165) is 15.6 Å². The summed E-state index contributed by atoms with van der Waals surface area (Å²) in [4.78, 5) is 17.0. The van der Waals surface area contributed by atoms with E-state index in [9.17, 15) is 4.79 Å². The van der Waals surface area contributed by atoms with Gasteiger partial charge in [0.25, 0.3) is 0 Å². The van der Waals surface area contributed by atoms with E-state index in [-0.39, 0.29) is 5.91 Å². The van der Waals surface area contributed by atoms with Crippen molar-refractivity contribution in [1.29, 1.82) is 5.26 Å². The van der Waals surface area contributed by atoms with E-state index < -0.39 is 0 Å². The molecule has 0 spiro atoms. The fraction of sp³-hybridized carbons (Fsp3) is 0.133. The summed E-state index contributed by atoms with van der Waals surface area (Å²) in [6, 6.07) is 15.2. The summed E-state index contributed by atoms with van der Waals surface area (Å²) in [5.74, 6) is 0.569. The first-order valence-electron chi connectivity index (χ1n) is 6.22. The lowest BCUT2D eigenvalue weighted by atomic mass is 10.3. The van der Waals surface area contributed by atoms with Gasteiger partial charge in [-0.1, -0.05) is 30.0 Å². The van der Waals surface area contributed by atoms with Crippen molar-refractivity contribution in [2.45, 2.75) is 9.92 Å². The van der Waals surface area contributed by atoms with Gasteiger partial charge in [-0.05, 0) is 24.3 Å². The van der Waals surface area contributed by atoms with Crippen LogP contribution in [0.25, 0.3) is 0 Å². The molecule has 0 aliphatic rings. The third-order valence-electron chi connectivity index (χ3n) is 2.44. The lowest BCUT2D eigenvalue weighted by Crippen LogP contribution is -2.14. The van der Waals surface area contributed by atoms with Gasteiger partial charge in [0.05, 0.1) is 28.3 Å². The van der Waals surface area contributed by atoms with Crippen LogP contribution in [0.3, 0.4) is 0 Å². The molecule has 4 nitrogen and oxygen atoms in total. The van der Waals surface area contributed by atoms with Gasteiger partial charge >= 0.3 is 0 Å². The Morgan fingerprint density at radius 3 is 2.76 bits per heavy atom. The second kappa shape index (κ2) is 8.35. The van der Waals surface area contributed by atoms with Crippen molar-refractivity contribution in [3.8, 4) is 6.07 Å². The van der Waals surface area contributed by atoms with Crippen molar-refractivity contribution >= 4 is 35.1 Å². The smallest absolute Gasteiger partial charge is 0.234 e. The molecule has 0 atom stereocenters. The van der Waals surface area contributed by atoms with Gasteiger partial charge in [-0.2, -0.15) is 5.26 Å². The first-order chi connectivity index (χ1) is 10.3. The van der Waals surface area contributed by atoms with Crippen LogP contribution in [-0.2, 0) is 4.79 Å². The molecule has 0 bridgehead atoms. The predicted molar refractivity (Wildman–Crippen MR) is 86.4 cm³/mol. The molecule has 1 N–H and O–H groups in total. The highest BCUT2D eigenvalue weighted by Gasteiger charge is 2.07. The maximum atomic E-state index is 12.0. The number of carbonyl (C=O) groups excluding carboxylic acids is 1. The van der Waals surface area contributed by atoms with Crippen LogP contribution in [0.2, 0.25) is 0 Å². The molecular weight excluding hydrogens is 302 g/mol. The zero-order valence-corrected chi connectivity index (χ0v) is 12.8. The van der Waals surface area contributed by atoms with Crippen molar-refractivity contribution < 1.29 is 4.79 Å². The number of carbonyl (C=O) groups is 1. The van der Waals surface area contributed by atoms with Crippen LogP contribution >= 0.6 is 23.5 Å². The van der Waals surface area contributed by atoms with E-state index in [2.05, 4.69) is 16.4 Å². The molecule has 0 aliphatic heterocycles. The molecule has 2 aromatic rings. The van der Waals surface area contributed by atoms with Crippen molar-refractivity contribution in [1.82, 2.24) is 4.98 Å². The monoisotopic (exact) mass is 315 g/mol. The Bertz CT molecular complexity index is 641. The number of benzene rings is 1.